The van der Waals surface area contributed by atoms with E-state index in [4.69, 9.17) is 13.9 Å². The zero-order valence-electron chi connectivity index (χ0n) is 18.0. The average molecular weight is 439 g/mol. The fraction of sp³-hybridized carbons (Fsp3) is 0.261. The maximum absolute atomic E-state index is 12.4. The van der Waals surface area contributed by atoms with Crippen LogP contribution in [0.2, 0.25) is 0 Å². The lowest BCUT2D eigenvalue weighted by molar-refractivity contribution is -0.137. The molecule has 168 valence electrons. The molecule has 32 heavy (non-hydrogen) atoms. The summed E-state index contributed by atoms with van der Waals surface area (Å²) in [7, 11) is 1.50. The van der Waals surface area contributed by atoms with Gasteiger partial charge in [0.15, 0.2) is 12.2 Å². The summed E-state index contributed by atoms with van der Waals surface area (Å²) in [5, 5.41) is 14.6. The van der Waals surface area contributed by atoms with E-state index in [1.54, 1.807) is 50.4 Å². The molecule has 3 aromatic rings. The number of oxazole rings is 1. The lowest BCUT2D eigenvalue weighted by atomic mass is 10.0. The predicted molar refractivity (Wildman–Crippen MR) is 118 cm³/mol. The number of ether oxygens (including phenoxy) is 2. The number of aromatic hydroxyl groups is 1. The van der Waals surface area contributed by atoms with Crippen molar-refractivity contribution in [3.63, 3.8) is 0 Å². The third-order valence-electron chi connectivity index (χ3n) is 4.65. The number of anilines is 1. The van der Waals surface area contributed by atoms with Crippen LogP contribution in [0.3, 0.4) is 0 Å². The van der Waals surface area contributed by atoms with Gasteiger partial charge < -0.3 is 29.6 Å². The molecule has 9 heteroatoms. The van der Waals surface area contributed by atoms with Crippen molar-refractivity contribution >= 4 is 17.5 Å². The van der Waals surface area contributed by atoms with E-state index in [1.807, 2.05) is 0 Å². The fourth-order valence-corrected chi connectivity index (χ4v) is 2.90. The van der Waals surface area contributed by atoms with Gasteiger partial charge in [-0.3, -0.25) is 9.59 Å². The van der Waals surface area contributed by atoms with Crippen molar-refractivity contribution < 1.29 is 28.6 Å². The van der Waals surface area contributed by atoms with Crippen molar-refractivity contribution in [1.82, 2.24) is 10.3 Å². The Labute approximate surface area is 185 Å². The van der Waals surface area contributed by atoms with Gasteiger partial charge in [0.1, 0.15) is 17.2 Å². The van der Waals surface area contributed by atoms with E-state index in [9.17, 15) is 14.7 Å². The molecule has 0 saturated carbocycles. The number of carbonyl (C=O) groups is 2. The minimum Gasteiger partial charge on any atom is -0.508 e. The van der Waals surface area contributed by atoms with Gasteiger partial charge in [0, 0.05) is 23.7 Å². The van der Waals surface area contributed by atoms with Gasteiger partial charge in [-0.2, -0.15) is 0 Å². The number of phenols is 1. The highest BCUT2D eigenvalue weighted by molar-refractivity contribution is 6.39. The predicted octanol–water partition coefficient (Wildman–Crippen LogP) is 3.36. The number of aromatic nitrogens is 1. The van der Waals surface area contributed by atoms with E-state index < -0.39 is 17.4 Å². The second-order valence-electron chi connectivity index (χ2n) is 7.67. The van der Waals surface area contributed by atoms with Crippen LogP contribution >= 0.6 is 0 Å². The molecule has 0 aliphatic heterocycles. The number of hydrogen-bond donors (Lipinski definition) is 3. The van der Waals surface area contributed by atoms with Gasteiger partial charge in [0.25, 0.3) is 0 Å². The topological polar surface area (TPSA) is 123 Å². The first-order valence-corrected chi connectivity index (χ1v) is 9.89. The Morgan fingerprint density at radius 1 is 1.12 bits per heavy atom. The molecule has 0 spiro atoms. The van der Waals surface area contributed by atoms with Crippen molar-refractivity contribution in [2.45, 2.75) is 25.8 Å². The molecule has 0 fully saturated rings. The largest absolute Gasteiger partial charge is 0.508 e. The van der Waals surface area contributed by atoms with Gasteiger partial charge in [0.2, 0.25) is 0 Å². The van der Waals surface area contributed by atoms with Crippen LogP contribution in [0.25, 0.3) is 11.3 Å². The first-order valence-electron chi connectivity index (χ1n) is 9.89. The van der Waals surface area contributed by atoms with Crippen LogP contribution in [0, 0.1) is 0 Å². The lowest BCUT2D eigenvalue weighted by Crippen LogP contribution is -2.48. The quantitative estimate of drug-likeness (QED) is 0.460. The molecule has 2 amide bonds. The number of nitrogens with one attached hydrogen (secondary N) is 2. The van der Waals surface area contributed by atoms with Crippen LogP contribution in [0.1, 0.15) is 20.3 Å². The van der Waals surface area contributed by atoms with E-state index >= 15 is 0 Å². The molecule has 1 heterocycles. The van der Waals surface area contributed by atoms with Gasteiger partial charge in [-0.25, -0.2) is 4.98 Å². The molecule has 0 atom stereocenters. The second kappa shape index (κ2) is 9.86. The first kappa shape index (κ1) is 22.7. The number of nitrogens with zero attached hydrogens (tertiary/aromatic N) is 1. The Kier molecular flexibility index (Phi) is 6.99. The monoisotopic (exact) mass is 439 g/mol. The summed E-state index contributed by atoms with van der Waals surface area (Å²) in [5.74, 6) is 0.178. The van der Waals surface area contributed by atoms with E-state index in [2.05, 4.69) is 15.6 Å². The van der Waals surface area contributed by atoms with Gasteiger partial charge in [0.05, 0.1) is 25.5 Å². The van der Waals surface area contributed by atoms with Crippen molar-refractivity contribution in [3.8, 4) is 28.6 Å². The van der Waals surface area contributed by atoms with Crippen molar-refractivity contribution in [2.75, 3.05) is 19.0 Å². The SMILES string of the molecule is COc1cc(NC(=O)C(=O)NC(C)(C)CCOc2ccc(O)cc2)ccc1-c1cnco1. The molecule has 0 aliphatic carbocycles. The summed E-state index contributed by atoms with van der Waals surface area (Å²) in [6.45, 7) is 3.92. The molecule has 9 nitrogen and oxygen atoms in total. The van der Waals surface area contributed by atoms with E-state index in [-0.39, 0.29) is 5.75 Å². The summed E-state index contributed by atoms with van der Waals surface area (Å²) < 4.78 is 16.2. The molecule has 0 bridgehead atoms. The molecule has 0 aliphatic rings. The standard InChI is InChI=1S/C23H25N3O6/c1-23(2,10-11-31-17-7-5-16(27)6-8-17)26-22(29)21(28)25-15-4-9-18(19(12-15)30-3)20-13-24-14-32-20/h4-9,12-14,27H,10-11H2,1-3H3,(H,25,28)(H,26,29). The fourth-order valence-electron chi connectivity index (χ4n) is 2.90. The van der Waals surface area contributed by atoms with E-state index in [0.717, 1.165) is 0 Å². The first-order chi connectivity index (χ1) is 15.3. The van der Waals surface area contributed by atoms with Crippen LogP contribution in [0.15, 0.2) is 59.5 Å². The summed E-state index contributed by atoms with van der Waals surface area (Å²) >= 11 is 0. The Balaban J connectivity index is 1.54. The number of phenolic OH excluding ortho intramolecular Hbond substituents is 1. The molecule has 0 saturated heterocycles. The zero-order valence-corrected chi connectivity index (χ0v) is 18.0. The lowest BCUT2D eigenvalue weighted by Gasteiger charge is -2.26. The zero-order chi connectivity index (χ0) is 23.1. The summed E-state index contributed by atoms with van der Waals surface area (Å²) in [6, 6.07) is 11.3. The number of hydrogen-bond acceptors (Lipinski definition) is 7. The van der Waals surface area contributed by atoms with Crippen molar-refractivity contribution in [1.29, 1.82) is 0 Å². The van der Waals surface area contributed by atoms with Crippen LogP contribution < -0.4 is 20.1 Å². The number of amides is 2. The third kappa shape index (κ3) is 6.00. The number of carbonyl (C=O) groups excluding carboxylic acids is 2. The normalized spacial score (nSPS) is 11.0. The van der Waals surface area contributed by atoms with Crippen molar-refractivity contribution in [2.24, 2.45) is 0 Å². The number of methoxy groups -OCH3 is 1. The highest BCUT2D eigenvalue weighted by Gasteiger charge is 2.25. The average Bonchev–Trinajstić information content (AvgIpc) is 3.29. The molecule has 1 aromatic heterocycles. The molecular weight excluding hydrogens is 414 g/mol. The molecule has 3 rings (SSSR count). The Bertz CT molecular complexity index is 1060. The maximum Gasteiger partial charge on any atom is 0.313 e. The summed E-state index contributed by atoms with van der Waals surface area (Å²) in [4.78, 5) is 28.7. The van der Waals surface area contributed by atoms with Gasteiger partial charge in [-0.1, -0.05) is 0 Å². The molecular formula is C23H25N3O6. The minimum atomic E-state index is -0.799. The van der Waals surface area contributed by atoms with Gasteiger partial charge in [-0.15, -0.1) is 0 Å². The van der Waals surface area contributed by atoms with Gasteiger partial charge >= 0.3 is 11.8 Å². The Morgan fingerprint density at radius 2 is 1.88 bits per heavy atom. The summed E-state index contributed by atoms with van der Waals surface area (Å²) in [6.07, 6.45) is 3.33. The summed E-state index contributed by atoms with van der Waals surface area (Å²) in [5.41, 5.74) is 0.389. The smallest absolute Gasteiger partial charge is 0.313 e. The van der Waals surface area contributed by atoms with Crippen molar-refractivity contribution in [3.05, 3.63) is 55.1 Å². The molecule has 0 radical (unpaired) electrons. The molecule has 0 unspecified atom stereocenters. The molecule has 2 aromatic carbocycles. The van der Waals surface area contributed by atoms with E-state index in [0.29, 0.717) is 41.5 Å². The maximum atomic E-state index is 12.4. The molecule has 3 N–H and O–H groups in total. The van der Waals surface area contributed by atoms with E-state index in [1.165, 1.54) is 25.6 Å². The van der Waals surface area contributed by atoms with Crippen LogP contribution in [-0.2, 0) is 9.59 Å². The highest BCUT2D eigenvalue weighted by Crippen LogP contribution is 2.32. The second-order valence-corrected chi connectivity index (χ2v) is 7.67. The number of rotatable bonds is 8. The Morgan fingerprint density at radius 3 is 2.53 bits per heavy atom. The van der Waals surface area contributed by atoms with Crippen LogP contribution in [-0.4, -0.2) is 41.2 Å². The van der Waals surface area contributed by atoms with Crippen LogP contribution in [0.5, 0.6) is 17.2 Å². The highest BCUT2D eigenvalue weighted by atomic mass is 16.5. The van der Waals surface area contributed by atoms with Crippen LogP contribution in [0.4, 0.5) is 5.69 Å². The Hall–Kier alpha value is -4.01. The number of benzene rings is 2. The van der Waals surface area contributed by atoms with Gasteiger partial charge in [-0.05, 0) is 50.2 Å². The minimum absolute atomic E-state index is 0.154. The third-order valence-corrected chi connectivity index (χ3v) is 4.65.